The Hall–Kier alpha value is -1.58. The topological polar surface area (TPSA) is 54.0 Å². The molecule has 0 radical (unpaired) electrons. The van der Waals surface area contributed by atoms with E-state index in [1.807, 2.05) is 19.1 Å². The number of rotatable bonds is 4. The summed E-state index contributed by atoms with van der Waals surface area (Å²) in [6, 6.07) is 4.28. The van der Waals surface area contributed by atoms with Crippen LogP contribution in [0.1, 0.15) is 56.9 Å². The predicted molar refractivity (Wildman–Crippen MR) is 81.9 cm³/mol. The normalized spacial score (nSPS) is 18.6. The second-order valence-corrected chi connectivity index (χ2v) is 6.37. The van der Waals surface area contributed by atoms with Crippen molar-refractivity contribution >= 4 is 11.6 Å². The number of pyridine rings is 1. The number of nitrogens with zero attached hydrogens (tertiary/aromatic N) is 1. The summed E-state index contributed by atoms with van der Waals surface area (Å²) in [6.45, 7) is 7.20. The summed E-state index contributed by atoms with van der Waals surface area (Å²) in [5.41, 5.74) is 1.95. The number of hydrogen-bond donors (Lipinski definition) is 2. The van der Waals surface area contributed by atoms with Gasteiger partial charge in [-0.15, -0.1) is 0 Å². The first-order valence-corrected chi connectivity index (χ1v) is 7.51. The van der Waals surface area contributed by atoms with Gasteiger partial charge in [0.15, 0.2) is 0 Å². The maximum atomic E-state index is 11.8. The van der Waals surface area contributed by atoms with Crippen molar-refractivity contribution in [2.75, 3.05) is 11.9 Å². The maximum absolute atomic E-state index is 11.8. The van der Waals surface area contributed by atoms with Gasteiger partial charge in [-0.2, -0.15) is 0 Å². The zero-order valence-electron chi connectivity index (χ0n) is 12.7. The van der Waals surface area contributed by atoms with Crippen LogP contribution in [0.4, 0.5) is 5.69 Å². The summed E-state index contributed by atoms with van der Waals surface area (Å²) in [7, 11) is 0. The van der Waals surface area contributed by atoms with Crippen molar-refractivity contribution in [2.24, 2.45) is 5.41 Å². The fourth-order valence-corrected chi connectivity index (χ4v) is 2.67. The van der Waals surface area contributed by atoms with Crippen molar-refractivity contribution in [3.05, 3.63) is 24.0 Å². The van der Waals surface area contributed by atoms with Gasteiger partial charge in [-0.3, -0.25) is 9.78 Å². The summed E-state index contributed by atoms with van der Waals surface area (Å²) >= 11 is 0. The number of amides is 1. The minimum absolute atomic E-state index is 0.110. The zero-order valence-corrected chi connectivity index (χ0v) is 12.7. The molecule has 2 N–H and O–H groups in total. The van der Waals surface area contributed by atoms with Gasteiger partial charge in [0, 0.05) is 24.5 Å². The molecular weight excluding hydrogens is 250 g/mol. The maximum Gasteiger partial charge on any atom is 0.269 e. The molecule has 0 unspecified atom stereocenters. The van der Waals surface area contributed by atoms with Crippen LogP contribution >= 0.6 is 0 Å². The molecule has 1 saturated carbocycles. The van der Waals surface area contributed by atoms with E-state index in [1.165, 1.54) is 25.7 Å². The highest BCUT2D eigenvalue weighted by molar-refractivity contribution is 5.93. The van der Waals surface area contributed by atoms with E-state index in [0.717, 1.165) is 5.69 Å². The average molecular weight is 275 g/mol. The average Bonchev–Trinajstić information content (AvgIpc) is 2.42. The van der Waals surface area contributed by atoms with Crippen molar-refractivity contribution < 1.29 is 4.79 Å². The molecule has 2 rings (SSSR count). The molecule has 0 bridgehead atoms. The molecule has 4 nitrogen and oxygen atoms in total. The van der Waals surface area contributed by atoms with E-state index < -0.39 is 0 Å². The number of hydrogen-bond acceptors (Lipinski definition) is 3. The van der Waals surface area contributed by atoms with Crippen LogP contribution in [-0.4, -0.2) is 23.5 Å². The minimum Gasteiger partial charge on any atom is -0.382 e. The second-order valence-electron chi connectivity index (χ2n) is 6.37. The lowest BCUT2D eigenvalue weighted by atomic mass is 9.75. The van der Waals surface area contributed by atoms with Gasteiger partial charge in [0.2, 0.25) is 0 Å². The first-order chi connectivity index (χ1) is 9.50. The monoisotopic (exact) mass is 275 g/mol. The standard InChI is InChI=1S/C16H25N3O/c1-4-17-15(20)14-11-13(7-10-18-14)19-12-5-8-16(2,3)9-6-12/h7,10-12H,4-6,8-9H2,1-3H3,(H,17,20)(H,18,19). The number of aromatic nitrogens is 1. The molecule has 1 fully saturated rings. The van der Waals surface area contributed by atoms with E-state index >= 15 is 0 Å². The Morgan fingerprint density at radius 2 is 2.10 bits per heavy atom. The van der Waals surface area contributed by atoms with E-state index in [1.54, 1.807) is 6.20 Å². The first-order valence-electron chi connectivity index (χ1n) is 7.51. The van der Waals surface area contributed by atoms with Crippen LogP contribution in [0.2, 0.25) is 0 Å². The van der Waals surface area contributed by atoms with Crippen molar-refractivity contribution in [3.8, 4) is 0 Å². The quantitative estimate of drug-likeness (QED) is 0.887. The third kappa shape index (κ3) is 3.95. The van der Waals surface area contributed by atoms with Crippen LogP contribution in [-0.2, 0) is 0 Å². The summed E-state index contributed by atoms with van der Waals surface area (Å²) < 4.78 is 0. The minimum atomic E-state index is -0.110. The van der Waals surface area contributed by atoms with Crippen molar-refractivity contribution in [1.29, 1.82) is 0 Å². The Labute approximate surface area is 121 Å². The lowest BCUT2D eigenvalue weighted by Gasteiger charge is -2.35. The van der Waals surface area contributed by atoms with Gasteiger partial charge in [-0.25, -0.2) is 0 Å². The Balaban J connectivity index is 1.96. The van der Waals surface area contributed by atoms with Gasteiger partial charge in [-0.05, 0) is 50.2 Å². The summed E-state index contributed by atoms with van der Waals surface area (Å²) in [6.07, 6.45) is 6.56. The number of carbonyl (C=O) groups is 1. The Bertz CT molecular complexity index is 461. The van der Waals surface area contributed by atoms with Crippen LogP contribution in [0, 0.1) is 5.41 Å². The highest BCUT2D eigenvalue weighted by atomic mass is 16.1. The van der Waals surface area contributed by atoms with Gasteiger partial charge in [-0.1, -0.05) is 13.8 Å². The fraction of sp³-hybridized carbons (Fsp3) is 0.625. The molecule has 1 amide bonds. The molecule has 0 atom stereocenters. The molecule has 4 heteroatoms. The highest BCUT2D eigenvalue weighted by Gasteiger charge is 2.26. The molecule has 1 aromatic heterocycles. The van der Waals surface area contributed by atoms with Crippen LogP contribution in [0.25, 0.3) is 0 Å². The summed E-state index contributed by atoms with van der Waals surface area (Å²) in [5, 5.41) is 6.31. The van der Waals surface area contributed by atoms with Gasteiger partial charge < -0.3 is 10.6 Å². The third-order valence-electron chi connectivity index (χ3n) is 4.04. The van der Waals surface area contributed by atoms with Gasteiger partial charge in [0.05, 0.1) is 0 Å². The smallest absolute Gasteiger partial charge is 0.269 e. The van der Waals surface area contributed by atoms with E-state index in [4.69, 9.17) is 0 Å². The molecular formula is C16H25N3O. The fourth-order valence-electron chi connectivity index (χ4n) is 2.67. The van der Waals surface area contributed by atoms with Crippen molar-refractivity contribution in [1.82, 2.24) is 10.3 Å². The molecule has 110 valence electrons. The van der Waals surface area contributed by atoms with Gasteiger partial charge in [0.1, 0.15) is 5.69 Å². The Kier molecular flexibility index (Phi) is 4.63. The summed E-state index contributed by atoms with van der Waals surface area (Å²) in [4.78, 5) is 15.9. The van der Waals surface area contributed by atoms with Crippen LogP contribution in [0.3, 0.4) is 0 Å². The van der Waals surface area contributed by atoms with Crippen LogP contribution in [0.15, 0.2) is 18.3 Å². The molecule has 20 heavy (non-hydrogen) atoms. The Morgan fingerprint density at radius 3 is 2.75 bits per heavy atom. The van der Waals surface area contributed by atoms with Gasteiger partial charge >= 0.3 is 0 Å². The second kappa shape index (κ2) is 6.25. The van der Waals surface area contributed by atoms with E-state index in [2.05, 4.69) is 29.5 Å². The molecule has 0 spiro atoms. The number of carbonyl (C=O) groups excluding carboxylic acids is 1. The molecule has 1 aromatic rings. The molecule has 1 aliphatic rings. The van der Waals surface area contributed by atoms with Crippen LogP contribution < -0.4 is 10.6 Å². The van der Waals surface area contributed by atoms with Crippen molar-refractivity contribution in [2.45, 2.75) is 52.5 Å². The van der Waals surface area contributed by atoms with Crippen LogP contribution in [0.5, 0.6) is 0 Å². The predicted octanol–water partition coefficient (Wildman–Crippen LogP) is 3.21. The highest BCUT2D eigenvalue weighted by Crippen LogP contribution is 2.36. The summed E-state index contributed by atoms with van der Waals surface area (Å²) in [5.74, 6) is -0.110. The molecule has 0 aliphatic heterocycles. The SMILES string of the molecule is CCNC(=O)c1cc(NC2CCC(C)(C)CC2)ccn1. The lowest BCUT2D eigenvalue weighted by molar-refractivity contribution is 0.0951. The molecule has 1 aliphatic carbocycles. The molecule has 0 saturated heterocycles. The first kappa shape index (κ1) is 14.8. The van der Waals surface area contributed by atoms with Crippen molar-refractivity contribution in [3.63, 3.8) is 0 Å². The van der Waals surface area contributed by atoms with E-state index in [9.17, 15) is 4.79 Å². The molecule has 0 aromatic carbocycles. The van der Waals surface area contributed by atoms with E-state index in [0.29, 0.717) is 23.7 Å². The van der Waals surface area contributed by atoms with Gasteiger partial charge in [0.25, 0.3) is 5.91 Å². The number of nitrogens with one attached hydrogen (secondary N) is 2. The van der Waals surface area contributed by atoms with E-state index in [-0.39, 0.29) is 5.91 Å². The third-order valence-corrected chi connectivity index (χ3v) is 4.04. The largest absolute Gasteiger partial charge is 0.382 e. The molecule has 1 heterocycles. The lowest BCUT2D eigenvalue weighted by Crippen LogP contribution is -2.30. The number of anilines is 1. The Morgan fingerprint density at radius 1 is 1.40 bits per heavy atom. The zero-order chi connectivity index (χ0) is 14.6.